The highest BCUT2D eigenvalue weighted by Gasteiger charge is 2.06. The van der Waals surface area contributed by atoms with E-state index in [0.717, 1.165) is 5.56 Å². The van der Waals surface area contributed by atoms with E-state index in [1.54, 1.807) is 12.1 Å². The van der Waals surface area contributed by atoms with E-state index in [0.29, 0.717) is 6.42 Å². The molecule has 0 aliphatic carbocycles. The van der Waals surface area contributed by atoms with E-state index in [-0.39, 0.29) is 11.1 Å². The fourth-order valence-corrected chi connectivity index (χ4v) is 1.18. The number of hydrogen-bond donors (Lipinski definition) is 1. The van der Waals surface area contributed by atoms with Crippen molar-refractivity contribution in [2.75, 3.05) is 0 Å². The molecule has 0 fully saturated rings. The first-order valence-electron chi connectivity index (χ1n) is 3.96. The fraction of sp³-hybridized carbons (Fsp3) is 0.200. The summed E-state index contributed by atoms with van der Waals surface area (Å²) in [6, 6.07) is 4.38. The van der Waals surface area contributed by atoms with Crippen LogP contribution in [-0.2, 0) is 0 Å². The molecule has 1 atom stereocenters. The maximum absolute atomic E-state index is 13.0. The summed E-state index contributed by atoms with van der Waals surface area (Å²) in [6.45, 7) is 3.57. The normalized spacial score (nSPS) is 12.5. The van der Waals surface area contributed by atoms with Gasteiger partial charge in [0.25, 0.3) is 0 Å². The van der Waals surface area contributed by atoms with Gasteiger partial charge in [0.05, 0.1) is 5.02 Å². The molecule has 1 aromatic rings. The Kier molecular flexibility index (Phi) is 3.46. The van der Waals surface area contributed by atoms with Crippen LogP contribution in [0.1, 0.15) is 18.0 Å². The Balaban J connectivity index is 2.89. The van der Waals surface area contributed by atoms with Crippen LogP contribution < -0.4 is 5.73 Å². The highest BCUT2D eigenvalue weighted by atomic mass is 35.5. The molecule has 2 N–H and O–H groups in total. The minimum absolute atomic E-state index is 0.120. The van der Waals surface area contributed by atoms with E-state index >= 15 is 0 Å². The van der Waals surface area contributed by atoms with Crippen molar-refractivity contribution in [1.29, 1.82) is 0 Å². The number of rotatable bonds is 3. The lowest BCUT2D eigenvalue weighted by Crippen LogP contribution is -2.09. The van der Waals surface area contributed by atoms with Gasteiger partial charge in [0.1, 0.15) is 5.82 Å². The van der Waals surface area contributed by atoms with E-state index in [9.17, 15) is 4.39 Å². The van der Waals surface area contributed by atoms with Crippen molar-refractivity contribution in [3.05, 3.63) is 47.3 Å². The predicted octanol–water partition coefficient (Wildman–Crippen LogP) is 3.06. The Morgan fingerprint density at radius 2 is 2.31 bits per heavy atom. The van der Waals surface area contributed by atoms with Gasteiger partial charge in [0, 0.05) is 6.04 Å². The van der Waals surface area contributed by atoms with Crippen molar-refractivity contribution in [3.8, 4) is 0 Å². The molecule has 0 bridgehead atoms. The van der Waals surface area contributed by atoms with Gasteiger partial charge in [-0.3, -0.25) is 0 Å². The first-order valence-corrected chi connectivity index (χ1v) is 4.34. The molecule has 0 saturated carbocycles. The second-order valence-corrected chi connectivity index (χ2v) is 3.21. The van der Waals surface area contributed by atoms with Gasteiger partial charge < -0.3 is 5.73 Å². The van der Waals surface area contributed by atoms with Crippen LogP contribution in [0.3, 0.4) is 0 Å². The zero-order chi connectivity index (χ0) is 9.84. The molecular weight excluding hydrogens is 189 g/mol. The molecule has 0 heterocycles. The Labute approximate surface area is 82.0 Å². The maximum Gasteiger partial charge on any atom is 0.142 e. The van der Waals surface area contributed by atoms with Crippen molar-refractivity contribution in [2.45, 2.75) is 12.5 Å². The maximum atomic E-state index is 13.0. The summed E-state index contributed by atoms with van der Waals surface area (Å²) in [5, 5.41) is 0.120. The van der Waals surface area contributed by atoms with Gasteiger partial charge >= 0.3 is 0 Å². The van der Waals surface area contributed by atoms with E-state index in [4.69, 9.17) is 17.3 Å². The Morgan fingerprint density at radius 3 is 2.85 bits per heavy atom. The van der Waals surface area contributed by atoms with Crippen molar-refractivity contribution >= 4 is 11.6 Å². The molecule has 0 spiro atoms. The fourth-order valence-electron chi connectivity index (χ4n) is 1.06. The van der Waals surface area contributed by atoms with Crippen LogP contribution in [0.4, 0.5) is 4.39 Å². The van der Waals surface area contributed by atoms with Gasteiger partial charge in [-0.2, -0.15) is 0 Å². The van der Waals surface area contributed by atoms with Crippen LogP contribution in [-0.4, -0.2) is 0 Å². The molecule has 0 radical (unpaired) electrons. The van der Waals surface area contributed by atoms with Gasteiger partial charge in [0.2, 0.25) is 0 Å². The zero-order valence-electron chi connectivity index (χ0n) is 7.13. The van der Waals surface area contributed by atoms with Crippen LogP contribution in [0.5, 0.6) is 0 Å². The molecular formula is C10H11ClFN. The van der Waals surface area contributed by atoms with E-state index < -0.39 is 5.82 Å². The molecule has 3 heteroatoms. The van der Waals surface area contributed by atoms with Gasteiger partial charge in [-0.25, -0.2) is 4.39 Å². The van der Waals surface area contributed by atoms with Crippen LogP contribution in [0.2, 0.25) is 5.02 Å². The molecule has 13 heavy (non-hydrogen) atoms. The number of benzene rings is 1. The summed E-state index contributed by atoms with van der Waals surface area (Å²) in [5.41, 5.74) is 6.48. The minimum Gasteiger partial charge on any atom is -0.324 e. The van der Waals surface area contributed by atoms with Crippen LogP contribution >= 0.6 is 11.6 Å². The number of hydrogen-bond acceptors (Lipinski definition) is 1. The first-order chi connectivity index (χ1) is 6.15. The van der Waals surface area contributed by atoms with Crippen LogP contribution in [0.25, 0.3) is 0 Å². The average Bonchev–Trinajstić information content (AvgIpc) is 2.10. The monoisotopic (exact) mass is 199 g/mol. The predicted molar refractivity (Wildman–Crippen MR) is 53.2 cm³/mol. The third-order valence-corrected chi connectivity index (χ3v) is 2.10. The lowest BCUT2D eigenvalue weighted by molar-refractivity contribution is 0.620. The lowest BCUT2D eigenvalue weighted by Gasteiger charge is -2.09. The van der Waals surface area contributed by atoms with Gasteiger partial charge in [-0.1, -0.05) is 23.7 Å². The topological polar surface area (TPSA) is 26.0 Å². The molecule has 0 saturated heterocycles. The van der Waals surface area contributed by atoms with E-state index in [2.05, 4.69) is 6.58 Å². The molecule has 0 aromatic heterocycles. The lowest BCUT2D eigenvalue weighted by atomic mass is 10.1. The minimum atomic E-state index is -0.432. The van der Waals surface area contributed by atoms with Gasteiger partial charge in [0.15, 0.2) is 0 Å². The summed E-state index contributed by atoms with van der Waals surface area (Å²) in [6.07, 6.45) is 2.33. The smallest absolute Gasteiger partial charge is 0.142 e. The summed E-state index contributed by atoms with van der Waals surface area (Å²) < 4.78 is 13.0. The molecule has 70 valence electrons. The SMILES string of the molecule is C=CC[C@H](N)c1ccc(Cl)c(F)c1. The molecule has 0 unspecified atom stereocenters. The molecule has 1 nitrogen and oxygen atoms in total. The highest BCUT2D eigenvalue weighted by Crippen LogP contribution is 2.20. The zero-order valence-corrected chi connectivity index (χ0v) is 7.89. The highest BCUT2D eigenvalue weighted by molar-refractivity contribution is 6.30. The molecule has 1 rings (SSSR count). The Hall–Kier alpha value is -0.860. The van der Waals surface area contributed by atoms with Crippen molar-refractivity contribution in [2.24, 2.45) is 5.73 Å². The summed E-state index contributed by atoms with van der Waals surface area (Å²) in [4.78, 5) is 0. The van der Waals surface area contributed by atoms with E-state index in [1.807, 2.05) is 0 Å². The van der Waals surface area contributed by atoms with Crippen LogP contribution in [0, 0.1) is 5.82 Å². The van der Waals surface area contributed by atoms with Crippen molar-refractivity contribution in [1.82, 2.24) is 0 Å². The molecule has 1 aromatic carbocycles. The number of halogens is 2. The second kappa shape index (κ2) is 4.40. The number of nitrogens with two attached hydrogens (primary N) is 1. The Morgan fingerprint density at radius 1 is 1.62 bits per heavy atom. The third kappa shape index (κ3) is 2.54. The van der Waals surface area contributed by atoms with E-state index in [1.165, 1.54) is 12.1 Å². The second-order valence-electron chi connectivity index (χ2n) is 2.80. The van der Waals surface area contributed by atoms with Gasteiger partial charge in [-0.05, 0) is 24.1 Å². The quantitative estimate of drug-likeness (QED) is 0.744. The molecule has 0 aliphatic heterocycles. The van der Waals surface area contributed by atoms with Crippen molar-refractivity contribution < 1.29 is 4.39 Å². The third-order valence-electron chi connectivity index (χ3n) is 1.79. The van der Waals surface area contributed by atoms with Crippen LogP contribution in [0.15, 0.2) is 30.9 Å². The van der Waals surface area contributed by atoms with Crippen molar-refractivity contribution in [3.63, 3.8) is 0 Å². The largest absolute Gasteiger partial charge is 0.324 e. The average molecular weight is 200 g/mol. The first kappa shape index (κ1) is 10.2. The summed E-state index contributed by atoms with van der Waals surface area (Å²) >= 11 is 5.53. The molecule has 0 aliphatic rings. The van der Waals surface area contributed by atoms with Gasteiger partial charge in [-0.15, -0.1) is 6.58 Å². The standard InChI is InChI=1S/C10H11ClFN/c1-2-3-10(13)7-4-5-8(11)9(12)6-7/h2,4-6,10H,1,3,13H2/t10-/m0/s1. The molecule has 0 amide bonds. The Bertz CT molecular complexity index is 312. The summed E-state index contributed by atoms with van der Waals surface area (Å²) in [5.74, 6) is -0.432. The summed E-state index contributed by atoms with van der Waals surface area (Å²) in [7, 11) is 0.